The summed E-state index contributed by atoms with van der Waals surface area (Å²) in [7, 11) is 0. The second-order valence-electron chi connectivity index (χ2n) is 4.22. The zero-order valence-corrected chi connectivity index (χ0v) is 10.9. The molecule has 0 spiro atoms. The van der Waals surface area contributed by atoms with Gasteiger partial charge in [-0.2, -0.15) is 11.3 Å². The highest BCUT2D eigenvalue weighted by Crippen LogP contribution is 2.46. The van der Waals surface area contributed by atoms with E-state index in [1.165, 1.54) is 12.8 Å². The summed E-state index contributed by atoms with van der Waals surface area (Å²) < 4.78 is 0. The molecule has 2 nitrogen and oxygen atoms in total. The molecule has 1 aliphatic carbocycles. The lowest BCUT2D eigenvalue weighted by molar-refractivity contribution is -0.120. The summed E-state index contributed by atoms with van der Waals surface area (Å²) in [6, 6.07) is 2.00. The van der Waals surface area contributed by atoms with Crippen LogP contribution in [-0.2, 0) is 11.2 Å². The van der Waals surface area contributed by atoms with Crippen LogP contribution in [0.4, 0.5) is 0 Å². The number of carbonyl (C=O) groups excluding carboxylic acids is 1. The molecule has 1 aliphatic rings. The number of hydrogen-bond donors (Lipinski definition) is 1. The number of halogens is 1. The van der Waals surface area contributed by atoms with Gasteiger partial charge in [0.25, 0.3) is 0 Å². The van der Waals surface area contributed by atoms with E-state index >= 15 is 0 Å². The number of nitrogens with one attached hydrogen (secondary N) is 1. The smallest absolute Gasteiger partial charge is 0.224 e. The number of rotatable bonds is 5. The van der Waals surface area contributed by atoms with E-state index in [0.717, 1.165) is 17.4 Å². The van der Waals surface area contributed by atoms with E-state index in [2.05, 4.69) is 21.2 Å². The number of carbonyl (C=O) groups is 1. The van der Waals surface area contributed by atoms with Crippen LogP contribution >= 0.6 is 27.3 Å². The van der Waals surface area contributed by atoms with Crippen molar-refractivity contribution in [2.45, 2.75) is 19.3 Å². The van der Waals surface area contributed by atoms with Crippen LogP contribution < -0.4 is 5.32 Å². The van der Waals surface area contributed by atoms with Crippen LogP contribution in [0, 0.1) is 5.41 Å². The fourth-order valence-electron chi connectivity index (χ4n) is 1.46. The van der Waals surface area contributed by atoms with Gasteiger partial charge in [0.05, 0.1) is 6.42 Å². The number of hydrogen-bond acceptors (Lipinski definition) is 2. The second-order valence-corrected chi connectivity index (χ2v) is 5.56. The van der Waals surface area contributed by atoms with Gasteiger partial charge in [-0.15, -0.1) is 0 Å². The summed E-state index contributed by atoms with van der Waals surface area (Å²) in [5, 5.41) is 8.04. The average molecular weight is 288 g/mol. The molecule has 0 saturated heterocycles. The molecule has 4 heteroatoms. The number of thiophene rings is 1. The summed E-state index contributed by atoms with van der Waals surface area (Å²) >= 11 is 5.13. The zero-order valence-electron chi connectivity index (χ0n) is 8.46. The zero-order chi connectivity index (χ0) is 10.7. The number of alkyl halides is 1. The van der Waals surface area contributed by atoms with Gasteiger partial charge in [-0.05, 0) is 40.6 Å². The maximum atomic E-state index is 11.6. The van der Waals surface area contributed by atoms with E-state index < -0.39 is 0 Å². The third-order valence-corrected chi connectivity index (χ3v) is 4.77. The molecular formula is C11H14BrNOS. The lowest BCUT2D eigenvalue weighted by atomic mass is 10.1. The van der Waals surface area contributed by atoms with Crippen molar-refractivity contribution in [1.82, 2.24) is 5.32 Å². The Morgan fingerprint density at radius 3 is 2.93 bits per heavy atom. The molecule has 0 unspecified atom stereocenters. The van der Waals surface area contributed by atoms with Gasteiger partial charge in [-0.3, -0.25) is 4.79 Å². The van der Waals surface area contributed by atoms with E-state index in [1.54, 1.807) is 11.3 Å². The Hall–Kier alpha value is -0.350. The van der Waals surface area contributed by atoms with E-state index in [4.69, 9.17) is 0 Å². The molecule has 1 fully saturated rings. The highest BCUT2D eigenvalue weighted by Gasteiger charge is 2.41. The first-order chi connectivity index (χ1) is 7.24. The van der Waals surface area contributed by atoms with Gasteiger partial charge < -0.3 is 5.32 Å². The van der Waals surface area contributed by atoms with Crippen molar-refractivity contribution in [2.75, 3.05) is 11.9 Å². The van der Waals surface area contributed by atoms with Gasteiger partial charge >= 0.3 is 0 Å². The molecule has 1 heterocycles. The molecule has 1 N–H and O–H groups in total. The maximum Gasteiger partial charge on any atom is 0.224 e. The van der Waals surface area contributed by atoms with Crippen LogP contribution in [-0.4, -0.2) is 17.8 Å². The highest BCUT2D eigenvalue weighted by atomic mass is 79.9. The van der Waals surface area contributed by atoms with Gasteiger partial charge in [-0.25, -0.2) is 0 Å². The van der Waals surface area contributed by atoms with Gasteiger partial charge in [0, 0.05) is 11.9 Å². The molecule has 1 saturated carbocycles. The SMILES string of the molecule is O=C(Cc1ccsc1)NCC1(CBr)CC1. The Labute approximate surface area is 102 Å². The third kappa shape index (κ3) is 3.05. The van der Waals surface area contributed by atoms with E-state index in [0.29, 0.717) is 11.8 Å². The van der Waals surface area contributed by atoms with Crippen molar-refractivity contribution in [3.63, 3.8) is 0 Å². The van der Waals surface area contributed by atoms with Gasteiger partial charge in [0.1, 0.15) is 0 Å². The van der Waals surface area contributed by atoms with Crippen molar-refractivity contribution in [1.29, 1.82) is 0 Å². The van der Waals surface area contributed by atoms with Crippen LogP contribution in [0.25, 0.3) is 0 Å². The van der Waals surface area contributed by atoms with Crippen LogP contribution in [0.15, 0.2) is 16.8 Å². The Balaban J connectivity index is 1.74. The molecule has 15 heavy (non-hydrogen) atoms. The molecule has 1 amide bonds. The van der Waals surface area contributed by atoms with Crippen molar-refractivity contribution in [3.05, 3.63) is 22.4 Å². The van der Waals surface area contributed by atoms with E-state index in [1.807, 2.05) is 16.8 Å². The molecule has 0 atom stereocenters. The fourth-order valence-corrected chi connectivity index (χ4v) is 2.89. The van der Waals surface area contributed by atoms with Crippen molar-refractivity contribution in [2.24, 2.45) is 5.41 Å². The number of amides is 1. The third-order valence-electron chi connectivity index (χ3n) is 2.85. The monoisotopic (exact) mass is 287 g/mol. The van der Waals surface area contributed by atoms with Crippen molar-refractivity contribution >= 4 is 33.2 Å². The quantitative estimate of drug-likeness (QED) is 0.829. The molecule has 0 bridgehead atoms. The first-order valence-corrected chi connectivity index (χ1v) is 7.14. The normalized spacial score (nSPS) is 17.4. The lowest BCUT2D eigenvalue weighted by Crippen LogP contribution is -2.31. The Kier molecular flexibility index (Phi) is 3.46. The minimum Gasteiger partial charge on any atom is -0.355 e. The summed E-state index contributed by atoms with van der Waals surface area (Å²) in [5.74, 6) is 0.139. The summed E-state index contributed by atoms with van der Waals surface area (Å²) in [4.78, 5) is 11.6. The largest absolute Gasteiger partial charge is 0.355 e. The van der Waals surface area contributed by atoms with Crippen LogP contribution in [0.5, 0.6) is 0 Å². The van der Waals surface area contributed by atoms with Gasteiger partial charge in [0.2, 0.25) is 5.91 Å². The molecule has 1 aromatic rings. The molecule has 1 aromatic heterocycles. The van der Waals surface area contributed by atoms with Crippen molar-refractivity contribution < 1.29 is 4.79 Å². The Morgan fingerprint density at radius 1 is 1.60 bits per heavy atom. The standard InChI is InChI=1S/C11H14BrNOS/c12-7-11(2-3-11)8-13-10(14)5-9-1-4-15-6-9/h1,4,6H,2-3,5,7-8H2,(H,13,14). The predicted octanol–water partition coefficient (Wildman–Crippen LogP) is 2.58. The average Bonchev–Trinajstić information content (AvgIpc) is 2.86. The molecule has 0 radical (unpaired) electrons. The Morgan fingerprint density at radius 2 is 2.40 bits per heavy atom. The minimum absolute atomic E-state index is 0.139. The van der Waals surface area contributed by atoms with E-state index in [-0.39, 0.29) is 5.91 Å². The first-order valence-electron chi connectivity index (χ1n) is 5.08. The van der Waals surface area contributed by atoms with Gasteiger partial charge in [-0.1, -0.05) is 15.9 Å². The summed E-state index contributed by atoms with van der Waals surface area (Å²) in [5.41, 5.74) is 1.48. The van der Waals surface area contributed by atoms with Crippen molar-refractivity contribution in [3.8, 4) is 0 Å². The van der Waals surface area contributed by atoms with Crippen LogP contribution in [0.2, 0.25) is 0 Å². The fraction of sp³-hybridized carbons (Fsp3) is 0.545. The molecular weight excluding hydrogens is 274 g/mol. The second kappa shape index (κ2) is 4.66. The highest BCUT2D eigenvalue weighted by molar-refractivity contribution is 9.09. The molecule has 2 rings (SSSR count). The van der Waals surface area contributed by atoms with Gasteiger partial charge in [0.15, 0.2) is 0 Å². The summed E-state index contributed by atoms with van der Waals surface area (Å²) in [6.07, 6.45) is 2.98. The maximum absolute atomic E-state index is 11.6. The summed E-state index contributed by atoms with van der Waals surface area (Å²) in [6.45, 7) is 0.821. The van der Waals surface area contributed by atoms with Crippen LogP contribution in [0.1, 0.15) is 18.4 Å². The molecule has 0 aliphatic heterocycles. The Bertz CT molecular complexity index is 332. The minimum atomic E-state index is 0.139. The first kappa shape index (κ1) is 11.1. The van der Waals surface area contributed by atoms with E-state index in [9.17, 15) is 4.79 Å². The van der Waals surface area contributed by atoms with Crippen LogP contribution in [0.3, 0.4) is 0 Å². The lowest BCUT2D eigenvalue weighted by Gasteiger charge is -2.12. The topological polar surface area (TPSA) is 29.1 Å². The molecule has 0 aromatic carbocycles. The molecule has 82 valence electrons. The predicted molar refractivity (Wildman–Crippen MR) is 66.5 cm³/mol.